The molecule has 0 radical (unpaired) electrons. The van der Waals surface area contributed by atoms with Crippen molar-refractivity contribution in [1.29, 1.82) is 0 Å². The first-order valence-corrected chi connectivity index (χ1v) is 10.9. The number of ether oxygens (including phenoxy) is 7. The van der Waals surface area contributed by atoms with Gasteiger partial charge in [-0.2, -0.15) is 0 Å². The molecule has 0 aliphatic carbocycles. The summed E-state index contributed by atoms with van der Waals surface area (Å²) in [5, 5.41) is 0. The van der Waals surface area contributed by atoms with Crippen molar-refractivity contribution in [2.45, 2.75) is 78.4 Å². The quantitative estimate of drug-likeness (QED) is 0.284. The Bertz CT molecular complexity index is 884. The molecule has 0 bridgehead atoms. The highest BCUT2D eigenvalue weighted by Gasteiger charge is 2.25. The SMILES string of the molecule is COC(=O)O[C@@H](C)[C@H](C)OC(=O)[C@@H](N)Cc1ccc(OC(=O)OC(C)C)c(OC(=O)OC(C)C)c1. The van der Waals surface area contributed by atoms with E-state index in [9.17, 15) is 19.2 Å². The average molecular weight is 500 g/mol. The number of rotatable bonds is 10. The predicted octanol–water partition coefficient (Wildman–Crippen LogP) is 3.51. The summed E-state index contributed by atoms with van der Waals surface area (Å²) >= 11 is 0. The number of hydrogen-bond acceptors (Lipinski definition) is 12. The second kappa shape index (κ2) is 14.0. The van der Waals surface area contributed by atoms with Crippen LogP contribution in [-0.2, 0) is 34.9 Å². The maximum absolute atomic E-state index is 12.4. The van der Waals surface area contributed by atoms with Crippen molar-refractivity contribution in [2.24, 2.45) is 5.73 Å². The Hall–Kier alpha value is -3.54. The molecule has 3 atom stereocenters. The van der Waals surface area contributed by atoms with Crippen molar-refractivity contribution in [3.05, 3.63) is 23.8 Å². The number of esters is 1. The average Bonchev–Trinajstić information content (AvgIpc) is 2.73. The Kier molecular flexibility index (Phi) is 11.8. The molecule has 2 N–H and O–H groups in total. The number of nitrogens with two attached hydrogens (primary N) is 1. The van der Waals surface area contributed by atoms with Crippen molar-refractivity contribution in [3.63, 3.8) is 0 Å². The van der Waals surface area contributed by atoms with E-state index in [4.69, 9.17) is 34.2 Å². The van der Waals surface area contributed by atoms with Gasteiger partial charge < -0.3 is 38.9 Å². The third-order valence-electron chi connectivity index (χ3n) is 4.23. The minimum absolute atomic E-state index is 0.00982. The van der Waals surface area contributed by atoms with Crippen molar-refractivity contribution >= 4 is 24.4 Å². The maximum atomic E-state index is 12.4. The number of carbonyl (C=O) groups is 4. The molecule has 1 aromatic rings. The van der Waals surface area contributed by atoms with E-state index in [2.05, 4.69) is 4.74 Å². The van der Waals surface area contributed by atoms with Gasteiger partial charge in [0.15, 0.2) is 11.5 Å². The Morgan fingerprint density at radius 2 is 1.26 bits per heavy atom. The minimum atomic E-state index is -1.10. The summed E-state index contributed by atoms with van der Waals surface area (Å²) in [6, 6.07) is 3.16. The normalized spacial score (nSPS) is 13.3. The molecular formula is C23H33NO11. The van der Waals surface area contributed by atoms with Gasteiger partial charge in [-0.15, -0.1) is 0 Å². The Morgan fingerprint density at radius 1 is 0.743 bits per heavy atom. The van der Waals surface area contributed by atoms with E-state index < -0.39 is 54.9 Å². The van der Waals surface area contributed by atoms with Gasteiger partial charge in [-0.25, -0.2) is 14.4 Å². The third-order valence-corrected chi connectivity index (χ3v) is 4.23. The molecule has 0 aromatic heterocycles. The fourth-order valence-corrected chi connectivity index (χ4v) is 2.46. The summed E-state index contributed by atoms with van der Waals surface area (Å²) in [5.41, 5.74) is 6.44. The van der Waals surface area contributed by atoms with Crippen LogP contribution in [0.15, 0.2) is 18.2 Å². The Balaban J connectivity index is 2.95. The highest BCUT2D eigenvalue weighted by atomic mass is 16.8. The molecule has 0 unspecified atom stereocenters. The number of carbonyl (C=O) groups excluding carboxylic acids is 4. The molecule has 1 aromatic carbocycles. The summed E-state index contributed by atoms with van der Waals surface area (Å²) in [5.74, 6) is -0.984. The van der Waals surface area contributed by atoms with Gasteiger partial charge >= 0.3 is 24.4 Å². The molecule has 0 fully saturated rings. The number of hydrogen-bond donors (Lipinski definition) is 1. The number of benzene rings is 1. The third kappa shape index (κ3) is 11.0. The van der Waals surface area contributed by atoms with Gasteiger partial charge in [-0.05, 0) is 65.7 Å². The summed E-state index contributed by atoms with van der Waals surface area (Å²) in [6.07, 6.45) is -5.37. The maximum Gasteiger partial charge on any atom is 0.514 e. The van der Waals surface area contributed by atoms with Crippen molar-refractivity contribution in [1.82, 2.24) is 0 Å². The summed E-state index contributed by atoms with van der Waals surface area (Å²) in [6.45, 7) is 9.63. The molecule has 0 aliphatic heterocycles. The van der Waals surface area contributed by atoms with Crippen molar-refractivity contribution in [3.8, 4) is 11.5 Å². The van der Waals surface area contributed by atoms with Crippen LogP contribution >= 0.6 is 0 Å². The summed E-state index contributed by atoms with van der Waals surface area (Å²) in [7, 11) is 1.16. The molecule has 0 heterocycles. The summed E-state index contributed by atoms with van der Waals surface area (Å²) < 4.78 is 34.8. The molecule has 0 amide bonds. The largest absolute Gasteiger partial charge is 0.514 e. The fourth-order valence-electron chi connectivity index (χ4n) is 2.46. The van der Waals surface area contributed by atoms with Crippen LogP contribution in [0.25, 0.3) is 0 Å². The van der Waals surface area contributed by atoms with Crippen molar-refractivity contribution < 1.29 is 52.3 Å². The summed E-state index contributed by atoms with van der Waals surface area (Å²) in [4.78, 5) is 47.5. The van der Waals surface area contributed by atoms with Crippen LogP contribution in [0.3, 0.4) is 0 Å². The first-order chi connectivity index (χ1) is 16.3. The second-order valence-electron chi connectivity index (χ2n) is 8.05. The fraction of sp³-hybridized carbons (Fsp3) is 0.565. The van der Waals surface area contributed by atoms with Crippen LogP contribution < -0.4 is 15.2 Å². The van der Waals surface area contributed by atoms with E-state index >= 15 is 0 Å². The van der Waals surface area contributed by atoms with Gasteiger partial charge in [0.2, 0.25) is 0 Å². The first kappa shape index (κ1) is 29.5. The van der Waals surface area contributed by atoms with Crippen LogP contribution in [-0.4, -0.2) is 62.0 Å². The lowest BCUT2D eigenvalue weighted by atomic mass is 10.1. The molecule has 12 heteroatoms. The van der Waals surface area contributed by atoms with E-state index in [1.807, 2.05) is 0 Å². The molecular weight excluding hydrogens is 466 g/mol. The standard InChI is InChI=1S/C23H33NO11/c1-12(2)30-22(27)34-18-9-8-16(11-19(18)35-23(28)31-13(3)4)10-17(24)20(25)32-14(5)15(6)33-21(26)29-7/h8-9,11-15,17H,10,24H2,1-7H3/t14-,15-,17-/m0/s1. The van der Waals surface area contributed by atoms with E-state index in [0.717, 1.165) is 7.11 Å². The van der Waals surface area contributed by atoms with Gasteiger partial charge in [-0.1, -0.05) is 6.07 Å². The molecule has 0 aliphatic rings. The lowest BCUT2D eigenvalue weighted by Gasteiger charge is -2.22. The topological polar surface area (TPSA) is 159 Å². The lowest BCUT2D eigenvalue weighted by Crippen LogP contribution is -2.39. The van der Waals surface area contributed by atoms with Crippen LogP contribution in [0, 0.1) is 0 Å². The highest BCUT2D eigenvalue weighted by Crippen LogP contribution is 2.30. The zero-order chi connectivity index (χ0) is 26.7. The molecule has 0 saturated carbocycles. The van der Waals surface area contributed by atoms with Crippen LogP contribution in [0.4, 0.5) is 14.4 Å². The minimum Gasteiger partial charge on any atom is -0.458 e. The van der Waals surface area contributed by atoms with Crippen LogP contribution in [0.1, 0.15) is 47.1 Å². The van der Waals surface area contributed by atoms with Gasteiger partial charge in [0.1, 0.15) is 18.2 Å². The molecule has 12 nitrogen and oxygen atoms in total. The van der Waals surface area contributed by atoms with Gasteiger partial charge in [-0.3, -0.25) is 4.79 Å². The first-order valence-electron chi connectivity index (χ1n) is 10.9. The van der Waals surface area contributed by atoms with Crippen LogP contribution in [0.5, 0.6) is 11.5 Å². The highest BCUT2D eigenvalue weighted by molar-refractivity contribution is 5.76. The second-order valence-corrected chi connectivity index (χ2v) is 8.05. The van der Waals surface area contributed by atoms with Crippen molar-refractivity contribution in [2.75, 3.05) is 7.11 Å². The lowest BCUT2D eigenvalue weighted by molar-refractivity contribution is -0.155. The smallest absolute Gasteiger partial charge is 0.458 e. The van der Waals surface area contributed by atoms with Gasteiger partial charge in [0.05, 0.1) is 19.3 Å². The van der Waals surface area contributed by atoms with Crippen LogP contribution in [0.2, 0.25) is 0 Å². The monoisotopic (exact) mass is 499 g/mol. The Morgan fingerprint density at radius 3 is 1.77 bits per heavy atom. The zero-order valence-corrected chi connectivity index (χ0v) is 20.9. The van der Waals surface area contributed by atoms with Gasteiger partial charge in [0.25, 0.3) is 0 Å². The van der Waals surface area contributed by atoms with E-state index in [0.29, 0.717) is 5.56 Å². The zero-order valence-electron chi connectivity index (χ0n) is 20.9. The molecule has 0 spiro atoms. The van der Waals surface area contributed by atoms with E-state index in [-0.39, 0.29) is 17.9 Å². The molecule has 35 heavy (non-hydrogen) atoms. The predicted molar refractivity (Wildman–Crippen MR) is 121 cm³/mol. The Labute approximate surface area is 203 Å². The molecule has 0 saturated heterocycles. The number of methoxy groups -OCH3 is 1. The van der Waals surface area contributed by atoms with E-state index in [1.54, 1.807) is 27.7 Å². The molecule has 1 rings (SSSR count). The van der Waals surface area contributed by atoms with E-state index in [1.165, 1.54) is 32.0 Å². The molecule has 196 valence electrons. The van der Waals surface area contributed by atoms with Gasteiger partial charge in [0, 0.05) is 0 Å².